The van der Waals surface area contributed by atoms with E-state index in [2.05, 4.69) is 26.2 Å². The summed E-state index contributed by atoms with van der Waals surface area (Å²) in [5, 5.41) is 2.79. The van der Waals surface area contributed by atoms with Crippen LogP contribution in [0.25, 0.3) is 11.3 Å². The third kappa shape index (κ3) is 4.67. The lowest BCUT2D eigenvalue weighted by atomic mass is 10.1. The number of nitrogens with zero attached hydrogens (tertiary/aromatic N) is 1. The topological polar surface area (TPSA) is 72.2 Å². The minimum atomic E-state index is -0.158. The zero-order chi connectivity index (χ0) is 18.5. The molecule has 0 saturated carbocycles. The summed E-state index contributed by atoms with van der Waals surface area (Å²) in [6, 6.07) is 14.6. The Morgan fingerprint density at radius 1 is 1.15 bits per heavy atom. The largest absolute Gasteiger partial charge is 0.441 e. The third-order valence-corrected chi connectivity index (χ3v) is 4.33. The molecule has 0 fully saturated rings. The summed E-state index contributed by atoms with van der Waals surface area (Å²) >= 11 is 3.39. The van der Waals surface area contributed by atoms with E-state index >= 15 is 0 Å². The van der Waals surface area contributed by atoms with E-state index in [1.807, 2.05) is 24.3 Å². The van der Waals surface area contributed by atoms with Gasteiger partial charge in [-0.1, -0.05) is 40.2 Å². The highest BCUT2D eigenvalue weighted by Gasteiger charge is 2.10. The second-order valence-electron chi connectivity index (χ2n) is 5.81. The van der Waals surface area contributed by atoms with E-state index in [9.17, 15) is 9.59 Å². The summed E-state index contributed by atoms with van der Waals surface area (Å²) in [6.07, 6.45) is 2.30. The zero-order valence-electron chi connectivity index (χ0n) is 14.2. The Morgan fingerprint density at radius 2 is 1.92 bits per heavy atom. The number of ketones is 1. The molecule has 3 rings (SSSR count). The van der Waals surface area contributed by atoms with Crippen LogP contribution in [0.15, 0.2) is 63.6 Å². The molecule has 0 aliphatic heterocycles. The van der Waals surface area contributed by atoms with Gasteiger partial charge in [0.1, 0.15) is 0 Å². The van der Waals surface area contributed by atoms with Crippen LogP contribution in [0.3, 0.4) is 0 Å². The molecule has 0 aliphatic rings. The highest BCUT2D eigenvalue weighted by Crippen LogP contribution is 2.23. The van der Waals surface area contributed by atoms with E-state index < -0.39 is 0 Å². The van der Waals surface area contributed by atoms with Crippen LogP contribution in [0.5, 0.6) is 0 Å². The van der Waals surface area contributed by atoms with E-state index in [0.29, 0.717) is 29.3 Å². The number of halogens is 1. The van der Waals surface area contributed by atoms with E-state index in [0.717, 1.165) is 10.0 Å². The molecule has 0 unspecified atom stereocenters. The molecule has 6 heteroatoms. The maximum atomic E-state index is 12.1. The van der Waals surface area contributed by atoms with E-state index in [4.69, 9.17) is 4.42 Å². The Labute approximate surface area is 159 Å². The molecule has 3 aromatic rings. The number of amides is 1. The van der Waals surface area contributed by atoms with E-state index in [1.54, 1.807) is 30.5 Å². The molecule has 1 N–H and O–H groups in total. The zero-order valence-corrected chi connectivity index (χ0v) is 15.7. The van der Waals surface area contributed by atoms with Gasteiger partial charge in [-0.05, 0) is 31.2 Å². The van der Waals surface area contributed by atoms with Crippen molar-refractivity contribution in [2.24, 2.45) is 0 Å². The van der Waals surface area contributed by atoms with Crippen LogP contribution >= 0.6 is 15.9 Å². The van der Waals surface area contributed by atoms with Gasteiger partial charge >= 0.3 is 0 Å². The fraction of sp³-hybridized carbons (Fsp3) is 0.150. The Balaban J connectivity index is 1.57. The van der Waals surface area contributed by atoms with Gasteiger partial charge in [0.25, 0.3) is 0 Å². The van der Waals surface area contributed by atoms with Crippen molar-refractivity contribution in [2.75, 3.05) is 5.32 Å². The molecule has 1 amide bonds. The van der Waals surface area contributed by atoms with Gasteiger partial charge in [-0.25, -0.2) is 4.98 Å². The van der Waals surface area contributed by atoms with Crippen molar-refractivity contribution in [1.82, 2.24) is 4.98 Å². The third-order valence-electron chi connectivity index (χ3n) is 3.80. The molecule has 2 aromatic carbocycles. The minimum Gasteiger partial charge on any atom is -0.441 e. The number of aryl methyl sites for hydroxylation is 1. The number of hydrogen-bond acceptors (Lipinski definition) is 4. The summed E-state index contributed by atoms with van der Waals surface area (Å²) in [4.78, 5) is 27.7. The first kappa shape index (κ1) is 18.1. The average Bonchev–Trinajstić information content (AvgIpc) is 3.10. The minimum absolute atomic E-state index is 0.0404. The van der Waals surface area contributed by atoms with Gasteiger partial charge in [0, 0.05) is 34.1 Å². The van der Waals surface area contributed by atoms with Crippen LogP contribution in [0.1, 0.15) is 29.6 Å². The van der Waals surface area contributed by atoms with Crippen molar-refractivity contribution in [3.8, 4) is 11.3 Å². The molecule has 132 valence electrons. The number of hydrogen-bond donors (Lipinski definition) is 1. The number of nitrogens with one attached hydrogen (secondary N) is 1. The number of Topliss-reactive ketones (excluding diaryl/α,β-unsaturated/α-hetero) is 1. The van der Waals surface area contributed by atoms with Gasteiger partial charge in [-0.15, -0.1) is 0 Å². The highest BCUT2D eigenvalue weighted by molar-refractivity contribution is 9.10. The lowest BCUT2D eigenvalue weighted by molar-refractivity contribution is -0.116. The van der Waals surface area contributed by atoms with Gasteiger partial charge in [-0.2, -0.15) is 0 Å². The molecular weight excluding hydrogens is 396 g/mol. The van der Waals surface area contributed by atoms with E-state index in [1.165, 1.54) is 6.92 Å². The number of anilines is 1. The average molecular weight is 413 g/mol. The van der Waals surface area contributed by atoms with E-state index in [-0.39, 0.29) is 18.1 Å². The molecule has 1 aromatic heterocycles. The molecule has 0 radical (unpaired) electrons. The number of aromatic nitrogens is 1. The molecular formula is C20H17BrN2O3. The molecule has 5 nitrogen and oxygen atoms in total. The van der Waals surface area contributed by atoms with Crippen LogP contribution in [0, 0.1) is 0 Å². The maximum absolute atomic E-state index is 12.1. The Hall–Kier alpha value is -2.73. The first-order valence-corrected chi connectivity index (χ1v) is 8.92. The van der Waals surface area contributed by atoms with Crippen molar-refractivity contribution in [2.45, 2.75) is 19.8 Å². The summed E-state index contributed by atoms with van der Waals surface area (Å²) in [7, 11) is 0. The molecule has 0 spiro atoms. The predicted molar refractivity (Wildman–Crippen MR) is 103 cm³/mol. The summed E-state index contributed by atoms with van der Waals surface area (Å²) < 4.78 is 6.70. The van der Waals surface area contributed by atoms with Gasteiger partial charge in [0.05, 0.1) is 6.20 Å². The van der Waals surface area contributed by atoms with Crippen molar-refractivity contribution < 1.29 is 14.0 Å². The number of rotatable bonds is 6. The first-order chi connectivity index (χ1) is 12.5. The normalized spacial score (nSPS) is 10.5. The van der Waals surface area contributed by atoms with Gasteiger partial charge in [-0.3, -0.25) is 9.59 Å². The molecule has 0 bridgehead atoms. The van der Waals surface area contributed by atoms with Crippen molar-refractivity contribution in [3.05, 3.63) is 70.7 Å². The van der Waals surface area contributed by atoms with Crippen LogP contribution in [0.4, 0.5) is 5.69 Å². The van der Waals surface area contributed by atoms with Crippen LogP contribution in [-0.2, 0) is 11.2 Å². The highest BCUT2D eigenvalue weighted by atomic mass is 79.9. The monoisotopic (exact) mass is 412 g/mol. The number of carbonyl (C=O) groups excluding carboxylic acids is 2. The van der Waals surface area contributed by atoms with Crippen molar-refractivity contribution >= 4 is 33.3 Å². The molecule has 0 atom stereocenters. The second kappa shape index (κ2) is 8.10. The Kier molecular flexibility index (Phi) is 5.63. The smallest absolute Gasteiger partial charge is 0.224 e. The van der Waals surface area contributed by atoms with Gasteiger partial charge in [0.15, 0.2) is 17.4 Å². The van der Waals surface area contributed by atoms with Gasteiger partial charge in [0.2, 0.25) is 5.91 Å². The first-order valence-electron chi connectivity index (χ1n) is 8.13. The molecule has 1 heterocycles. The molecule has 26 heavy (non-hydrogen) atoms. The lowest BCUT2D eigenvalue weighted by Crippen LogP contribution is -2.12. The Bertz CT molecular complexity index is 932. The van der Waals surface area contributed by atoms with Crippen molar-refractivity contribution in [3.63, 3.8) is 0 Å². The summed E-state index contributed by atoms with van der Waals surface area (Å²) in [5.74, 6) is 0.980. The van der Waals surface area contributed by atoms with Crippen LogP contribution in [0.2, 0.25) is 0 Å². The standard InChI is InChI=1S/C20H17BrN2O3/c1-13(24)15-3-2-4-17(11-15)23-19(25)9-10-20-22-12-18(26-20)14-5-7-16(21)8-6-14/h2-8,11-12H,9-10H2,1H3,(H,23,25). The predicted octanol–water partition coefficient (Wildman–Crippen LogP) is 4.88. The number of oxazole rings is 1. The molecule has 0 aliphatic carbocycles. The van der Waals surface area contributed by atoms with Crippen molar-refractivity contribution in [1.29, 1.82) is 0 Å². The number of benzene rings is 2. The SMILES string of the molecule is CC(=O)c1cccc(NC(=O)CCc2ncc(-c3ccc(Br)cc3)o2)c1. The fourth-order valence-corrected chi connectivity index (χ4v) is 2.70. The summed E-state index contributed by atoms with van der Waals surface area (Å²) in [5.41, 5.74) is 2.10. The number of carbonyl (C=O) groups is 2. The van der Waals surface area contributed by atoms with Crippen LogP contribution < -0.4 is 5.32 Å². The Morgan fingerprint density at radius 3 is 2.65 bits per heavy atom. The molecule has 0 saturated heterocycles. The summed E-state index contributed by atoms with van der Waals surface area (Å²) in [6.45, 7) is 1.49. The quantitative estimate of drug-likeness (QED) is 0.585. The van der Waals surface area contributed by atoms with Gasteiger partial charge < -0.3 is 9.73 Å². The maximum Gasteiger partial charge on any atom is 0.224 e. The lowest BCUT2D eigenvalue weighted by Gasteiger charge is -2.05. The second-order valence-corrected chi connectivity index (χ2v) is 6.73. The van der Waals surface area contributed by atoms with Crippen LogP contribution in [-0.4, -0.2) is 16.7 Å². The fourth-order valence-electron chi connectivity index (χ4n) is 2.43.